The molecule has 1 heterocycles. The lowest BCUT2D eigenvalue weighted by Crippen LogP contribution is -2.38. The van der Waals surface area contributed by atoms with Gasteiger partial charge in [-0.25, -0.2) is 4.98 Å². The summed E-state index contributed by atoms with van der Waals surface area (Å²) in [5.74, 6) is -1.46. The van der Waals surface area contributed by atoms with Gasteiger partial charge in [-0.05, 0) is 19.1 Å². The van der Waals surface area contributed by atoms with E-state index in [-0.39, 0.29) is 11.4 Å². The molecule has 1 aromatic heterocycles. The Morgan fingerprint density at radius 3 is 2.81 bits per heavy atom. The predicted octanol–water partition coefficient (Wildman–Crippen LogP) is 0.293. The summed E-state index contributed by atoms with van der Waals surface area (Å²) in [7, 11) is 1.39. The summed E-state index contributed by atoms with van der Waals surface area (Å²) >= 11 is 0. The number of aromatic nitrogens is 1. The molecule has 0 unspecified atom stereocenters. The number of pyridine rings is 1. The zero-order chi connectivity index (χ0) is 12.1. The molecule has 2 N–H and O–H groups in total. The van der Waals surface area contributed by atoms with Crippen molar-refractivity contribution in [1.29, 1.82) is 0 Å². The van der Waals surface area contributed by atoms with Crippen molar-refractivity contribution in [3.8, 4) is 5.88 Å². The number of carbonyl (C=O) groups excluding carboxylic acids is 1. The zero-order valence-corrected chi connectivity index (χ0v) is 8.93. The molecular formula is C10H12N2O4. The van der Waals surface area contributed by atoms with E-state index in [1.165, 1.54) is 26.3 Å². The van der Waals surface area contributed by atoms with Crippen molar-refractivity contribution in [2.24, 2.45) is 0 Å². The second-order valence-corrected chi connectivity index (χ2v) is 3.09. The third-order valence-electron chi connectivity index (χ3n) is 1.93. The van der Waals surface area contributed by atoms with Gasteiger partial charge in [0, 0.05) is 6.20 Å². The van der Waals surface area contributed by atoms with Crippen molar-refractivity contribution in [3.05, 3.63) is 23.9 Å². The zero-order valence-electron chi connectivity index (χ0n) is 8.93. The Morgan fingerprint density at radius 1 is 1.56 bits per heavy atom. The molecule has 1 atom stereocenters. The molecule has 16 heavy (non-hydrogen) atoms. The fraction of sp³-hybridized carbons (Fsp3) is 0.300. The van der Waals surface area contributed by atoms with Crippen LogP contribution in [0.15, 0.2) is 18.3 Å². The van der Waals surface area contributed by atoms with Crippen molar-refractivity contribution in [2.75, 3.05) is 7.11 Å². The maximum absolute atomic E-state index is 11.6. The number of aliphatic carboxylic acids is 1. The number of hydrogen-bond donors (Lipinski definition) is 2. The molecule has 0 aliphatic rings. The van der Waals surface area contributed by atoms with Crippen LogP contribution in [0.4, 0.5) is 0 Å². The monoisotopic (exact) mass is 224 g/mol. The molecular weight excluding hydrogens is 212 g/mol. The molecule has 0 aromatic carbocycles. The molecule has 1 aromatic rings. The molecule has 0 radical (unpaired) electrons. The molecule has 6 heteroatoms. The summed E-state index contributed by atoms with van der Waals surface area (Å²) in [5, 5.41) is 11.0. The van der Waals surface area contributed by atoms with Gasteiger partial charge in [-0.1, -0.05) is 0 Å². The van der Waals surface area contributed by atoms with Crippen LogP contribution in [0, 0.1) is 0 Å². The molecule has 1 amide bonds. The standard InChI is InChI=1S/C10H12N2O4/c1-6(10(14)15)12-8(13)7-4-3-5-11-9(7)16-2/h3-6H,1-2H3,(H,12,13)(H,14,15)/t6-/m1/s1. The Hall–Kier alpha value is -2.11. The van der Waals surface area contributed by atoms with Crippen LogP contribution < -0.4 is 10.1 Å². The number of carbonyl (C=O) groups is 2. The van der Waals surface area contributed by atoms with E-state index in [0.29, 0.717) is 0 Å². The van der Waals surface area contributed by atoms with Crippen LogP contribution in [0.5, 0.6) is 5.88 Å². The van der Waals surface area contributed by atoms with Crippen LogP contribution in [0.25, 0.3) is 0 Å². The van der Waals surface area contributed by atoms with Crippen LogP contribution in [0.1, 0.15) is 17.3 Å². The summed E-state index contributed by atoms with van der Waals surface area (Å²) in [6.45, 7) is 1.38. The summed E-state index contributed by atoms with van der Waals surface area (Å²) in [4.78, 5) is 26.0. The van der Waals surface area contributed by atoms with Gasteiger partial charge in [0.05, 0.1) is 7.11 Å². The largest absolute Gasteiger partial charge is 0.480 e. The van der Waals surface area contributed by atoms with Gasteiger partial charge in [0.15, 0.2) is 0 Å². The average molecular weight is 224 g/mol. The molecule has 86 valence electrons. The number of nitrogens with zero attached hydrogens (tertiary/aromatic N) is 1. The molecule has 1 rings (SSSR count). The topological polar surface area (TPSA) is 88.5 Å². The van der Waals surface area contributed by atoms with Crippen molar-refractivity contribution in [3.63, 3.8) is 0 Å². The number of hydrogen-bond acceptors (Lipinski definition) is 4. The van der Waals surface area contributed by atoms with E-state index in [4.69, 9.17) is 9.84 Å². The highest BCUT2D eigenvalue weighted by Crippen LogP contribution is 2.13. The van der Waals surface area contributed by atoms with Gasteiger partial charge in [0.25, 0.3) is 5.91 Å². The normalized spacial score (nSPS) is 11.6. The van der Waals surface area contributed by atoms with Gasteiger partial charge in [0.2, 0.25) is 5.88 Å². The summed E-state index contributed by atoms with van der Waals surface area (Å²) in [6, 6.07) is 2.12. The number of carboxylic acid groups (broad SMARTS) is 1. The SMILES string of the molecule is COc1ncccc1C(=O)N[C@H](C)C(=O)O. The molecule has 0 bridgehead atoms. The quantitative estimate of drug-likeness (QED) is 0.767. The molecule has 0 fully saturated rings. The highest BCUT2D eigenvalue weighted by Gasteiger charge is 2.18. The van der Waals surface area contributed by atoms with Crippen LogP contribution in [0.2, 0.25) is 0 Å². The average Bonchev–Trinajstić information content (AvgIpc) is 2.28. The fourth-order valence-corrected chi connectivity index (χ4v) is 1.06. The van der Waals surface area contributed by atoms with Crippen LogP contribution in [0.3, 0.4) is 0 Å². The minimum Gasteiger partial charge on any atom is -0.480 e. The number of rotatable bonds is 4. The van der Waals surface area contributed by atoms with E-state index < -0.39 is 17.9 Å². The number of methoxy groups -OCH3 is 1. The molecule has 0 spiro atoms. The lowest BCUT2D eigenvalue weighted by Gasteiger charge is -2.10. The van der Waals surface area contributed by atoms with Gasteiger partial charge in [0.1, 0.15) is 11.6 Å². The number of nitrogens with one attached hydrogen (secondary N) is 1. The second-order valence-electron chi connectivity index (χ2n) is 3.09. The van der Waals surface area contributed by atoms with E-state index in [9.17, 15) is 9.59 Å². The first-order valence-corrected chi connectivity index (χ1v) is 4.59. The first-order chi connectivity index (χ1) is 7.56. The molecule has 6 nitrogen and oxygen atoms in total. The Bertz CT molecular complexity index is 406. The van der Waals surface area contributed by atoms with Gasteiger partial charge in [-0.2, -0.15) is 0 Å². The molecule has 0 aliphatic heterocycles. The maximum atomic E-state index is 11.6. The van der Waals surface area contributed by atoms with Crippen LogP contribution in [-0.2, 0) is 4.79 Å². The minimum atomic E-state index is -1.10. The highest BCUT2D eigenvalue weighted by molar-refractivity contribution is 5.98. The summed E-state index contributed by atoms with van der Waals surface area (Å²) in [5.41, 5.74) is 0.207. The van der Waals surface area contributed by atoms with Crippen LogP contribution >= 0.6 is 0 Å². The summed E-state index contributed by atoms with van der Waals surface area (Å²) in [6.07, 6.45) is 1.48. The van der Waals surface area contributed by atoms with Gasteiger partial charge >= 0.3 is 5.97 Å². The number of amides is 1. The van der Waals surface area contributed by atoms with E-state index in [0.717, 1.165) is 0 Å². The van der Waals surface area contributed by atoms with Crippen molar-refractivity contribution in [1.82, 2.24) is 10.3 Å². The van der Waals surface area contributed by atoms with Gasteiger partial charge in [-0.15, -0.1) is 0 Å². The third-order valence-corrected chi connectivity index (χ3v) is 1.93. The van der Waals surface area contributed by atoms with Crippen molar-refractivity contribution >= 4 is 11.9 Å². The van der Waals surface area contributed by atoms with Crippen molar-refractivity contribution < 1.29 is 19.4 Å². The minimum absolute atomic E-state index is 0.164. The Balaban J connectivity index is 2.84. The van der Waals surface area contributed by atoms with Gasteiger partial charge in [-0.3, -0.25) is 9.59 Å². The second kappa shape index (κ2) is 5.11. The van der Waals surface area contributed by atoms with E-state index >= 15 is 0 Å². The predicted molar refractivity (Wildman–Crippen MR) is 55.4 cm³/mol. The number of ether oxygens (including phenoxy) is 1. The highest BCUT2D eigenvalue weighted by atomic mass is 16.5. The molecule has 0 aliphatic carbocycles. The third kappa shape index (κ3) is 2.69. The first kappa shape index (κ1) is 12.0. The Labute approximate surface area is 92.3 Å². The first-order valence-electron chi connectivity index (χ1n) is 4.59. The van der Waals surface area contributed by atoms with E-state index in [2.05, 4.69) is 10.3 Å². The van der Waals surface area contributed by atoms with Gasteiger partial charge < -0.3 is 15.2 Å². The maximum Gasteiger partial charge on any atom is 0.325 e. The lowest BCUT2D eigenvalue weighted by molar-refractivity contribution is -0.138. The molecule has 0 saturated carbocycles. The Morgan fingerprint density at radius 2 is 2.25 bits per heavy atom. The van der Waals surface area contributed by atoms with E-state index in [1.54, 1.807) is 6.07 Å². The Kier molecular flexibility index (Phi) is 3.82. The van der Waals surface area contributed by atoms with Crippen molar-refractivity contribution in [2.45, 2.75) is 13.0 Å². The summed E-state index contributed by atoms with van der Waals surface area (Å²) < 4.78 is 4.89. The van der Waals surface area contributed by atoms with Crippen LogP contribution in [-0.4, -0.2) is 35.1 Å². The lowest BCUT2D eigenvalue weighted by atomic mass is 10.2. The number of carboxylic acids is 1. The smallest absolute Gasteiger partial charge is 0.325 e. The van der Waals surface area contributed by atoms with E-state index in [1.807, 2.05) is 0 Å². The molecule has 0 saturated heterocycles. The fourth-order valence-electron chi connectivity index (χ4n) is 1.06.